The smallest absolute Gasteiger partial charge is 0.233 e. The Balaban J connectivity index is 2.64. The van der Waals surface area contributed by atoms with Crippen molar-refractivity contribution in [3.05, 3.63) is 23.9 Å². The molecule has 0 fully saturated rings. The Morgan fingerprint density at radius 2 is 2.00 bits per heavy atom. The van der Waals surface area contributed by atoms with Crippen LogP contribution < -0.4 is 10.5 Å². The molecule has 18 heavy (non-hydrogen) atoms. The van der Waals surface area contributed by atoms with Gasteiger partial charge < -0.3 is 5.73 Å². The van der Waals surface area contributed by atoms with Crippen LogP contribution in [0.5, 0.6) is 0 Å². The third-order valence-electron chi connectivity index (χ3n) is 2.44. The molecule has 5 nitrogen and oxygen atoms in total. The second-order valence-corrected chi connectivity index (χ2v) is 7.33. The zero-order valence-corrected chi connectivity index (χ0v) is 11.9. The van der Waals surface area contributed by atoms with Gasteiger partial charge in [-0.25, -0.2) is 13.4 Å². The molecule has 1 rings (SSSR count). The van der Waals surface area contributed by atoms with Crippen LogP contribution in [0, 0.1) is 5.41 Å². The van der Waals surface area contributed by atoms with Gasteiger partial charge in [0.05, 0.1) is 5.75 Å². The van der Waals surface area contributed by atoms with Gasteiger partial charge in [-0.3, -0.25) is 4.72 Å². The lowest BCUT2D eigenvalue weighted by Gasteiger charge is -2.17. The Kier molecular flexibility index (Phi) is 4.70. The fraction of sp³-hybridized carbons (Fsp3) is 0.583. The van der Waals surface area contributed by atoms with Gasteiger partial charge in [0.2, 0.25) is 10.0 Å². The molecular weight excluding hydrogens is 250 g/mol. The van der Waals surface area contributed by atoms with Crippen molar-refractivity contribution >= 4 is 15.8 Å². The highest BCUT2D eigenvalue weighted by molar-refractivity contribution is 7.92. The van der Waals surface area contributed by atoms with E-state index < -0.39 is 10.0 Å². The van der Waals surface area contributed by atoms with Crippen LogP contribution in [0.1, 0.15) is 32.8 Å². The maximum absolute atomic E-state index is 11.8. The zero-order chi connectivity index (χ0) is 13.8. The van der Waals surface area contributed by atoms with E-state index in [2.05, 4.69) is 9.71 Å². The van der Waals surface area contributed by atoms with E-state index in [1.807, 2.05) is 20.8 Å². The third-order valence-corrected chi connectivity index (χ3v) is 3.70. The van der Waals surface area contributed by atoms with Gasteiger partial charge in [0, 0.05) is 12.7 Å². The molecule has 0 aromatic carbocycles. The first-order chi connectivity index (χ1) is 8.22. The van der Waals surface area contributed by atoms with Crippen molar-refractivity contribution in [2.75, 3.05) is 10.5 Å². The summed E-state index contributed by atoms with van der Waals surface area (Å²) in [5.74, 6) is 0.428. The number of aromatic nitrogens is 1. The second kappa shape index (κ2) is 5.67. The van der Waals surface area contributed by atoms with E-state index in [9.17, 15) is 8.42 Å². The first-order valence-electron chi connectivity index (χ1n) is 5.87. The number of nitrogens with one attached hydrogen (secondary N) is 1. The van der Waals surface area contributed by atoms with E-state index in [0.29, 0.717) is 18.8 Å². The highest BCUT2D eigenvalue weighted by Crippen LogP contribution is 2.19. The quantitative estimate of drug-likeness (QED) is 0.854. The summed E-state index contributed by atoms with van der Waals surface area (Å²) in [4.78, 5) is 4.01. The van der Waals surface area contributed by atoms with Crippen LogP contribution in [0.25, 0.3) is 0 Å². The Morgan fingerprint density at radius 3 is 2.44 bits per heavy atom. The van der Waals surface area contributed by atoms with Gasteiger partial charge in [-0.05, 0) is 23.5 Å². The van der Waals surface area contributed by atoms with Crippen molar-refractivity contribution in [3.63, 3.8) is 0 Å². The van der Waals surface area contributed by atoms with E-state index in [0.717, 1.165) is 5.56 Å². The second-order valence-electron chi connectivity index (χ2n) is 5.49. The number of sulfonamides is 1. The van der Waals surface area contributed by atoms with Gasteiger partial charge in [-0.2, -0.15) is 0 Å². The Morgan fingerprint density at radius 1 is 1.33 bits per heavy atom. The van der Waals surface area contributed by atoms with Crippen LogP contribution in [-0.4, -0.2) is 19.2 Å². The molecule has 0 aliphatic carbocycles. The van der Waals surface area contributed by atoms with Crippen LogP contribution in [0.15, 0.2) is 18.3 Å². The summed E-state index contributed by atoms with van der Waals surface area (Å²) in [6, 6.07) is 3.38. The highest BCUT2D eigenvalue weighted by Gasteiger charge is 2.17. The first-order valence-corrected chi connectivity index (χ1v) is 7.52. The molecule has 1 heterocycles. The van der Waals surface area contributed by atoms with Gasteiger partial charge in [-0.15, -0.1) is 0 Å². The average Bonchev–Trinajstić information content (AvgIpc) is 2.26. The molecule has 6 heteroatoms. The maximum Gasteiger partial charge on any atom is 0.233 e. The molecule has 0 aliphatic rings. The lowest BCUT2D eigenvalue weighted by molar-refractivity contribution is 0.397. The first kappa shape index (κ1) is 14.9. The molecule has 0 saturated carbocycles. The van der Waals surface area contributed by atoms with Gasteiger partial charge in [0.25, 0.3) is 0 Å². The zero-order valence-electron chi connectivity index (χ0n) is 11.1. The molecule has 0 spiro atoms. The van der Waals surface area contributed by atoms with E-state index in [-0.39, 0.29) is 11.2 Å². The summed E-state index contributed by atoms with van der Waals surface area (Å²) in [5.41, 5.74) is 6.30. The number of rotatable bonds is 5. The van der Waals surface area contributed by atoms with E-state index in [1.165, 1.54) is 0 Å². The van der Waals surface area contributed by atoms with Crippen molar-refractivity contribution in [1.82, 2.24) is 4.98 Å². The van der Waals surface area contributed by atoms with Crippen LogP contribution in [0.3, 0.4) is 0 Å². The lowest BCUT2D eigenvalue weighted by atomic mass is 9.94. The van der Waals surface area contributed by atoms with Gasteiger partial charge >= 0.3 is 0 Å². The number of hydrogen-bond acceptors (Lipinski definition) is 4. The van der Waals surface area contributed by atoms with Crippen LogP contribution in [0.2, 0.25) is 0 Å². The molecule has 3 N–H and O–H groups in total. The van der Waals surface area contributed by atoms with Crippen LogP contribution >= 0.6 is 0 Å². The van der Waals surface area contributed by atoms with Gasteiger partial charge in [0.15, 0.2) is 0 Å². The fourth-order valence-corrected chi connectivity index (χ4v) is 2.68. The molecule has 0 radical (unpaired) electrons. The molecule has 1 aromatic heterocycles. The maximum atomic E-state index is 11.8. The van der Waals surface area contributed by atoms with Crippen molar-refractivity contribution in [1.29, 1.82) is 0 Å². The monoisotopic (exact) mass is 271 g/mol. The summed E-state index contributed by atoms with van der Waals surface area (Å²) < 4.78 is 26.1. The predicted molar refractivity (Wildman–Crippen MR) is 73.6 cm³/mol. The SMILES string of the molecule is CC(C)(C)CCS(=O)(=O)Nc1ccc(CN)cn1. The van der Waals surface area contributed by atoms with E-state index >= 15 is 0 Å². The van der Waals surface area contributed by atoms with E-state index in [1.54, 1.807) is 18.3 Å². The summed E-state index contributed by atoms with van der Waals surface area (Å²) in [6.45, 7) is 6.43. The van der Waals surface area contributed by atoms with Gasteiger partial charge in [0.1, 0.15) is 5.82 Å². The largest absolute Gasteiger partial charge is 0.326 e. The molecule has 0 aliphatic heterocycles. The Labute approximate surface area is 109 Å². The third kappa shape index (κ3) is 5.46. The summed E-state index contributed by atoms with van der Waals surface area (Å²) in [6.07, 6.45) is 2.17. The van der Waals surface area contributed by atoms with Crippen molar-refractivity contribution in [2.45, 2.75) is 33.7 Å². The molecule has 1 aromatic rings. The fourth-order valence-electron chi connectivity index (χ4n) is 1.26. The average molecular weight is 271 g/mol. The number of nitrogens with zero attached hydrogens (tertiary/aromatic N) is 1. The van der Waals surface area contributed by atoms with Crippen molar-refractivity contribution in [2.24, 2.45) is 11.1 Å². The Bertz CT molecular complexity index is 475. The topological polar surface area (TPSA) is 85.1 Å². The molecule has 0 unspecified atom stereocenters. The van der Waals surface area contributed by atoms with Crippen LogP contribution in [0.4, 0.5) is 5.82 Å². The molecule has 0 saturated heterocycles. The summed E-state index contributed by atoms with van der Waals surface area (Å²) in [7, 11) is -3.33. The van der Waals surface area contributed by atoms with Crippen LogP contribution in [-0.2, 0) is 16.6 Å². The Hall–Kier alpha value is -1.14. The van der Waals surface area contributed by atoms with Crippen molar-refractivity contribution in [3.8, 4) is 0 Å². The number of anilines is 1. The molecule has 0 amide bonds. The molecule has 102 valence electrons. The molecule has 0 bridgehead atoms. The summed E-state index contributed by atoms with van der Waals surface area (Å²) >= 11 is 0. The minimum atomic E-state index is -3.33. The lowest BCUT2D eigenvalue weighted by Crippen LogP contribution is -2.21. The molecular formula is C12H21N3O2S. The minimum Gasteiger partial charge on any atom is -0.326 e. The number of hydrogen-bond donors (Lipinski definition) is 2. The standard InChI is InChI=1S/C12H21N3O2S/c1-12(2,3)6-7-18(16,17)15-11-5-4-10(8-13)9-14-11/h4-5,9H,6-8,13H2,1-3H3,(H,14,15). The normalized spacial score (nSPS) is 12.4. The number of pyridine rings is 1. The number of nitrogens with two attached hydrogens (primary N) is 1. The van der Waals surface area contributed by atoms with Gasteiger partial charge in [-0.1, -0.05) is 26.8 Å². The predicted octanol–water partition coefficient (Wildman–Crippen LogP) is 1.72. The highest BCUT2D eigenvalue weighted by atomic mass is 32.2. The minimum absolute atomic E-state index is 0.00835. The summed E-state index contributed by atoms with van der Waals surface area (Å²) in [5, 5.41) is 0. The molecule has 0 atom stereocenters. The van der Waals surface area contributed by atoms with E-state index in [4.69, 9.17) is 5.73 Å². The van der Waals surface area contributed by atoms with Crippen molar-refractivity contribution < 1.29 is 8.42 Å².